The molecule has 0 radical (unpaired) electrons. The summed E-state index contributed by atoms with van der Waals surface area (Å²) in [6.07, 6.45) is 0.454. The summed E-state index contributed by atoms with van der Waals surface area (Å²) < 4.78 is 17.8. The third-order valence-corrected chi connectivity index (χ3v) is 5.94. The number of hydrazone groups is 1. The lowest BCUT2D eigenvalue weighted by Gasteiger charge is -2.38. The largest absolute Gasteiger partial charge is 0.486 e. The third-order valence-electron chi connectivity index (χ3n) is 5.71. The molecule has 6 heteroatoms. The zero-order valence-electron chi connectivity index (χ0n) is 16.1. The maximum absolute atomic E-state index is 6.38. The fourth-order valence-corrected chi connectivity index (χ4v) is 4.51. The van der Waals surface area contributed by atoms with Gasteiger partial charge in [-0.05, 0) is 36.4 Å². The number of para-hydroxylation sites is 1. The van der Waals surface area contributed by atoms with Crippen molar-refractivity contribution in [1.82, 2.24) is 5.01 Å². The second kappa shape index (κ2) is 6.96. The number of halogens is 1. The van der Waals surface area contributed by atoms with E-state index in [4.69, 9.17) is 30.9 Å². The number of ether oxygens (including phenoxy) is 3. The molecule has 6 rings (SSSR count). The molecule has 0 fully saturated rings. The van der Waals surface area contributed by atoms with Gasteiger partial charge in [-0.1, -0.05) is 41.9 Å². The Balaban J connectivity index is 1.42. The van der Waals surface area contributed by atoms with Crippen molar-refractivity contribution in [2.45, 2.75) is 18.7 Å². The van der Waals surface area contributed by atoms with Gasteiger partial charge >= 0.3 is 0 Å². The molecule has 0 spiro atoms. The van der Waals surface area contributed by atoms with Crippen molar-refractivity contribution in [3.8, 4) is 17.2 Å². The molecule has 0 unspecified atom stereocenters. The maximum Gasteiger partial charge on any atom is 0.213 e. The maximum atomic E-state index is 6.38. The van der Waals surface area contributed by atoms with Gasteiger partial charge in [-0.25, -0.2) is 5.01 Å². The standard InChI is InChI=1S/C24H19ClN2O3/c25-17-5-3-4-16(12-17)24-27-20(18-6-1-2-7-21(18)30-24)14-19(26-27)15-8-9-22-23(13-15)29-11-10-28-22/h1-9,12-13,20,24H,10-11,14H2/t20-,24+/m0/s1. The molecular formula is C24H19ClN2O3. The van der Waals surface area contributed by atoms with Crippen LogP contribution in [0.15, 0.2) is 71.8 Å². The minimum atomic E-state index is -0.335. The second-order valence-electron chi connectivity index (χ2n) is 7.57. The average molecular weight is 419 g/mol. The highest BCUT2D eigenvalue weighted by Crippen LogP contribution is 2.48. The van der Waals surface area contributed by atoms with Crippen LogP contribution in [-0.4, -0.2) is 23.9 Å². The molecule has 5 nitrogen and oxygen atoms in total. The lowest BCUT2D eigenvalue weighted by atomic mass is 9.96. The Labute approximate surface area is 179 Å². The fourth-order valence-electron chi connectivity index (χ4n) is 4.31. The SMILES string of the molecule is Clc1cccc([C@H]2Oc3ccccc3[C@@H]3CC(c4ccc5c(c4)OCCO5)=NN23)c1. The van der Waals surface area contributed by atoms with E-state index in [2.05, 4.69) is 11.1 Å². The summed E-state index contributed by atoms with van der Waals surface area (Å²) in [6, 6.07) is 22.1. The number of benzene rings is 3. The van der Waals surface area contributed by atoms with Crippen LogP contribution in [0.5, 0.6) is 17.2 Å². The Morgan fingerprint density at radius 3 is 2.63 bits per heavy atom. The topological polar surface area (TPSA) is 43.3 Å². The summed E-state index contributed by atoms with van der Waals surface area (Å²) in [5.74, 6) is 2.45. The minimum absolute atomic E-state index is 0.0992. The van der Waals surface area contributed by atoms with Crippen molar-refractivity contribution in [3.63, 3.8) is 0 Å². The fraction of sp³-hybridized carbons (Fsp3) is 0.208. The number of hydrogen-bond donors (Lipinski definition) is 0. The van der Waals surface area contributed by atoms with Crippen molar-refractivity contribution >= 4 is 17.3 Å². The van der Waals surface area contributed by atoms with Crippen LogP contribution in [0.25, 0.3) is 0 Å². The number of hydrogen-bond acceptors (Lipinski definition) is 5. The average Bonchev–Trinajstić information content (AvgIpc) is 3.24. The number of nitrogens with zero attached hydrogens (tertiary/aromatic N) is 2. The first-order chi connectivity index (χ1) is 14.8. The molecule has 3 aromatic carbocycles. The molecule has 0 aromatic heterocycles. The van der Waals surface area contributed by atoms with Gasteiger partial charge in [-0.15, -0.1) is 0 Å². The first-order valence-electron chi connectivity index (χ1n) is 10.0. The summed E-state index contributed by atoms with van der Waals surface area (Å²) in [4.78, 5) is 0. The second-order valence-corrected chi connectivity index (χ2v) is 8.00. The van der Waals surface area contributed by atoms with Crippen molar-refractivity contribution in [3.05, 3.63) is 88.4 Å². The Bertz CT molecular complexity index is 1160. The summed E-state index contributed by atoms with van der Waals surface area (Å²) in [7, 11) is 0. The molecule has 3 aromatic rings. The van der Waals surface area contributed by atoms with Gasteiger partial charge in [0.2, 0.25) is 6.23 Å². The van der Waals surface area contributed by atoms with Crippen molar-refractivity contribution in [2.75, 3.05) is 13.2 Å². The molecule has 0 saturated carbocycles. The van der Waals surface area contributed by atoms with Crippen LogP contribution in [0.4, 0.5) is 0 Å². The molecule has 0 bridgehead atoms. The van der Waals surface area contributed by atoms with Gasteiger partial charge in [-0.2, -0.15) is 5.10 Å². The first kappa shape index (κ1) is 17.7. The van der Waals surface area contributed by atoms with Crippen molar-refractivity contribution < 1.29 is 14.2 Å². The lowest BCUT2D eigenvalue weighted by molar-refractivity contribution is -0.0190. The van der Waals surface area contributed by atoms with E-state index in [1.807, 2.05) is 60.7 Å². The first-order valence-corrected chi connectivity index (χ1v) is 10.4. The molecule has 3 aliphatic heterocycles. The molecule has 0 aliphatic carbocycles. The Morgan fingerprint density at radius 2 is 1.73 bits per heavy atom. The predicted molar refractivity (Wildman–Crippen MR) is 114 cm³/mol. The van der Waals surface area contributed by atoms with E-state index >= 15 is 0 Å². The smallest absolute Gasteiger partial charge is 0.213 e. The van der Waals surface area contributed by atoms with Gasteiger partial charge in [-0.3, -0.25) is 0 Å². The van der Waals surface area contributed by atoms with E-state index in [0.29, 0.717) is 18.2 Å². The molecule has 150 valence electrons. The van der Waals surface area contributed by atoms with Crippen molar-refractivity contribution in [2.24, 2.45) is 5.10 Å². The van der Waals surface area contributed by atoms with Crippen LogP contribution in [0, 0.1) is 0 Å². The van der Waals surface area contributed by atoms with Gasteiger partial charge in [0.25, 0.3) is 0 Å². The van der Waals surface area contributed by atoms with Gasteiger partial charge in [0, 0.05) is 28.1 Å². The van der Waals surface area contributed by atoms with Crippen LogP contribution in [0.2, 0.25) is 5.02 Å². The molecule has 0 N–H and O–H groups in total. The summed E-state index contributed by atoms with van der Waals surface area (Å²) >= 11 is 6.26. The molecule has 0 saturated heterocycles. The predicted octanol–water partition coefficient (Wildman–Crippen LogP) is 5.35. The Morgan fingerprint density at radius 1 is 0.867 bits per heavy atom. The molecule has 3 aliphatic rings. The zero-order valence-corrected chi connectivity index (χ0v) is 16.9. The van der Waals surface area contributed by atoms with Crippen LogP contribution >= 0.6 is 11.6 Å². The van der Waals surface area contributed by atoms with Gasteiger partial charge in [0.1, 0.15) is 19.0 Å². The number of rotatable bonds is 2. The molecule has 0 amide bonds. The highest BCUT2D eigenvalue weighted by atomic mass is 35.5. The van der Waals surface area contributed by atoms with E-state index in [-0.39, 0.29) is 12.3 Å². The summed E-state index contributed by atoms with van der Waals surface area (Å²) in [5, 5.41) is 7.74. The van der Waals surface area contributed by atoms with Crippen LogP contribution < -0.4 is 14.2 Å². The lowest BCUT2D eigenvalue weighted by Crippen LogP contribution is -2.33. The van der Waals surface area contributed by atoms with E-state index in [9.17, 15) is 0 Å². The quantitative estimate of drug-likeness (QED) is 0.562. The van der Waals surface area contributed by atoms with E-state index < -0.39 is 0 Å². The minimum Gasteiger partial charge on any atom is -0.486 e. The van der Waals surface area contributed by atoms with Gasteiger partial charge < -0.3 is 14.2 Å². The highest BCUT2D eigenvalue weighted by Gasteiger charge is 2.41. The zero-order chi connectivity index (χ0) is 20.1. The van der Waals surface area contributed by atoms with E-state index in [0.717, 1.165) is 46.1 Å². The van der Waals surface area contributed by atoms with Gasteiger partial charge in [0.15, 0.2) is 11.5 Å². The Hall–Kier alpha value is -3.18. The number of fused-ring (bicyclic) bond motifs is 4. The van der Waals surface area contributed by atoms with E-state index in [1.54, 1.807) is 0 Å². The van der Waals surface area contributed by atoms with Gasteiger partial charge in [0.05, 0.1) is 11.8 Å². The molecule has 2 atom stereocenters. The van der Waals surface area contributed by atoms with Crippen LogP contribution in [-0.2, 0) is 0 Å². The third kappa shape index (κ3) is 2.89. The van der Waals surface area contributed by atoms with Crippen LogP contribution in [0.1, 0.15) is 35.4 Å². The van der Waals surface area contributed by atoms with Crippen molar-refractivity contribution in [1.29, 1.82) is 0 Å². The summed E-state index contributed by atoms with van der Waals surface area (Å²) in [6.45, 7) is 1.15. The summed E-state index contributed by atoms with van der Waals surface area (Å²) in [5.41, 5.74) is 4.17. The monoisotopic (exact) mass is 418 g/mol. The highest BCUT2D eigenvalue weighted by molar-refractivity contribution is 6.30. The normalized spacial score (nSPS) is 21.4. The van der Waals surface area contributed by atoms with Crippen LogP contribution in [0.3, 0.4) is 0 Å². The molecular weight excluding hydrogens is 400 g/mol. The van der Waals surface area contributed by atoms with E-state index in [1.165, 1.54) is 0 Å². The Kier molecular flexibility index (Phi) is 4.09. The molecule has 30 heavy (non-hydrogen) atoms. The molecule has 3 heterocycles.